The Morgan fingerprint density at radius 2 is 2.12 bits per heavy atom. The molecule has 0 N–H and O–H groups in total. The Balaban J connectivity index is 2.58. The predicted octanol–water partition coefficient (Wildman–Crippen LogP) is 2.72. The zero-order valence-corrected chi connectivity index (χ0v) is 11.2. The third-order valence-corrected chi connectivity index (χ3v) is 3.26. The minimum Gasteiger partial charge on any atom is -0.138 e. The van der Waals surface area contributed by atoms with Gasteiger partial charge in [0, 0.05) is 6.92 Å². The van der Waals surface area contributed by atoms with E-state index < -0.39 is 0 Å². The molecule has 0 aliphatic heterocycles. The quantitative estimate of drug-likeness (QED) is 0.653. The molecule has 1 aromatic heterocycles. The van der Waals surface area contributed by atoms with Gasteiger partial charge < -0.3 is 0 Å². The summed E-state index contributed by atoms with van der Waals surface area (Å²) in [5, 5.41) is 4.56. The third-order valence-electron chi connectivity index (χ3n) is 3.26. The maximum absolute atomic E-state index is 4.56. The second-order valence-electron chi connectivity index (χ2n) is 4.61. The minimum atomic E-state index is 0.781. The minimum absolute atomic E-state index is 0.781. The smallest absolute Gasteiger partial charge is 0.138 e. The summed E-state index contributed by atoms with van der Waals surface area (Å²) in [7, 11) is 0. The molecule has 0 bridgehead atoms. The summed E-state index contributed by atoms with van der Waals surface area (Å²) >= 11 is 0. The van der Waals surface area contributed by atoms with Gasteiger partial charge in [-0.2, -0.15) is 0 Å². The van der Waals surface area contributed by atoms with Crippen LogP contribution in [-0.2, 0) is 13.1 Å². The van der Waals surface area contributed by atoms with Gasteiger partial charge in [0.25, 0.3) is 0 Å². The van der Waals surface area contributed by atoms with Crippen LogP contribution in [0, 0.1) is 12.8 Å². The highest BCUT2D eigenvalue weighted by Gasteiger charge is 2.15. The van der Waals surface area contributed by atoms with Gasteiger partial charge >= 0.3 is 0 Å². The van der Waals surface area contributed by atoms with Crippen LogP contribution in [0.3, 0.4) is 0 Å². The van der Waals surface area contributed by atoms with Crippen molar-refractivity contribution in [2.75, 3.05) is 0 Å². The van der Waals surface area contributed by atoms with Gasteiger partial charge in [-0.15, -0.1) is 9.36 Å². The van der Waals surface area contributed by atoms with Gasteiger partial charge in [-0.1, -0.05) is 26.7 Å². The number of unbranched alkanes of at least 4 members (excludes halogenated alkanes) is 1. The lowest BCUT2D eigenvalue weighted by atomic mass is 9.99. The molecule has 0 radical (unpaired) electrons. The van der Waals surface area contributed by atoms with Crippen molar-refractivity contribution in [3.8, 4) is 0 Å². The van der Waals surface area contributed by atoms with E-state index in [1.165, 1.54) is 31.4 Å². The Hall–Kier alpha value is -0.860. The highest BCUT2D eigenvalue weighted by Crippen LogP contribution is 2.14. The van der Waals surface area contributed by atoms with Crippen molar-refractivity contribution in [3.05, 3.63) is 11.9 Å². The molecule has 16 heavy (non-hydrogen) atoms. The van der Waals surface area contributed by atoms with Crippen LogP contribution in [0.4, 0.5) is 0 Å². The first-order chi connectivity index (χ1) is 7.71. The van der Waals surface area contributed by atoms with Crippen LogP contribution >= 0.6 is 0 Å². The molecule has 0 aliphatic carbocycles. The van der Waals surface area contributed by atoms with E-state index in [4.69, 9.17) is 0 Å². The largest absolute Gasteiger partial charge is 0.164 e. The third kappa shape index (κ3) is 3.62. The molecule has 0 fully saturated rings. The molecular weight excluding hydrogens is 198 g/mol. The summed E-state index contributed by atoms with van der Waals surface area (Å²) in [6.45, 7) is 10.9. The van der Waals surface area contributed by atoms with Crippen molar-refractivity contribution in [3.63, 3.8) is 0 Å². The monoisotopic (exact) mass is 224 g/mol. The lowest BCUT2D eigenvalue weighted by Gasteiger charge is -2.10. The second-order valence-corrected chi connectivity index (χ2v) is 4.61. The SMILES string of the molecule is CCCCC(CC)Cn1n[n+](CC)cc1C. The van der Waals surface area contributed by atoms with Gasteiger partial charge in [0.1, 0.15) is 13.1 Å². The topological polar surface area (TPSA) is 21.7 Å². The molecule has 0 aliphatic rings. The molecule has 0 amide bonds. The van der Waals surface area contributed by atoms with Crippen LogP contribution < -0.4 is 4.68 Å². The summed E-state index contributed by atoms with van der Waals surface area (Å²) in [5.41, 5.74) is 1.27. The van der Waals surface area contributed by atoms with Crippen molar-refractivity contribution in [1.29, 1.82) is 0 Å². The standard InChI is InChI=1S/C13H26N3/c1-5-8-9-13(6-2)11-16-12(4)10-15(7-3)14-16/h10,13H,5-9,11H2,1-4H3/q+1. The Morgan fingerprint density at radius 1 is 1.38 bits per heavy atom. The van der Waals surface area contributed by atoms with E-state index in [1.807, 2.05) is 4.68 Å². The first-order valence-corrected chi connectivity index (χ1v) is 6.65. The fraction of sp³-hybridized carbons (Fsp3) is 0.846. The molecule has 92 valence electrons. The lowest BCUT2D eigenvalue weighted by molar-refractivity contribution is -0.752. The average molecular weight is 224 g/mol. The van der Waals surface area contributed by atoms with Crippen LogP contribution in [0.15, 0.2) is 6.20 Å². The summed E-state index contributed by atoms with van der Waals surface area (Å²) in [6.07, 6.45) is 7.35. The average Bonchev–Trinajstić information content (AvgIpc) is 2.65. The normalized spacial score (nSPS) is 13.0. The fourth-order valence-corrected chi connectivity index (χ4v) is 2.01. The van der Waals surface area contributed by atoms with Gasteiger partial charge in [0.15, 0.2) is 11.9 Å². The molecule has 0 saturated heterocycles. The summed E-state index contributed by atoms with van der Waals surface area (Å²) in [4.78, 5) is 0. The number of aromatic nitrogens is 3. The van der Waals surface area contributed by atoms with Crippen LogP contribution in [0.1, 0.15) is 52.1 Å². The van der Waals surface area contributed by atoms with Gasteiger partial charge in [0.05, 0.1) is 5.21 Å². The van der Waals surface area contributed by atoms with Crippen molar-refractivity contribution in [2.45, 2.75) is 66.5 Å². The van der Waals surface area contributed by atoms with Crippen LogP contribution in [0.5, 0.6) is 0 Å². The van der Waals surface area contributed by atoms with Gasteiger partial charge in [0.2, 0.25) is 0 Å². The first kappa shape index (κ1) is 13.2. The number of aryl methyl sites for hydroxylation is 2. The molecule has 3 nitrogen and oxygen atoms in total. The molecule has 0 saturated carbocycles. The number of nitrogens with zero attached hydrogens (tertiary/aromatic N) is 3. The van der Waals surface area contributed by atoms with E-state index in [2.05, 4.69) is 43.8 Å². The Kier molecular flexibility index (Phi) is 5.50. The molecule has 1 heterocycles. The van der Waals surface area contributed by atoms with E-state index in [0.29, 0.717) is 0 Å². The molecule has 0 aromatic carbocycles. The highest BCUT2D eigenvalue weighted by molar-refractivity contribution is 4.85. The summed E-state index contributed by atoms with van der Waals surface area (Å²) in [6, 6.07) is 0. The van der Waals surface area contributed by atoms with Crippen LogP contribution in [0.25, 0.3) is 0 Å². The molecule has 3 heteroatoms. The second kappa shape index (κ2) is 6.66. The zero-order valence-electron chi connectivity index (χ0n) is 11.2. The molecular formula is C13H26N3+. The van der Waals surface area contributed by atoms with E-state index in [0.717, 1.165) is 19.0 Å². The van der Waals surface area contributed by atoms with Gasteiger partial charge in [-0.3, -0.25) is 0 Å². The number of hydrogen-bond donors (Lipinski definition) is 0. The van der Waals surface area contributed by atoms with E-state index in [1.54, 1.807) is 0 Å². The first-order valence-electron chi connectivity index (χ1n) is 6.65. The van der Waals surface area contributed by atoms with Gasteiger partial charge in [-0.05, 0) is 25.7 Å². The van der Waals surface area contributed by atoms with Gasteiger partial charge in [-0.25, -0.2) is 0 Å². The summed E-state index contributed by atoms with van der Waals surface area (Å²) < 4.78 is 4.18. The molecule has 1 atom stereocenters. The summed E-state index contributed by atoms with van der Waals surface area (Å²) in [5.74, 6) is 0.781. The maximum atomic E-state index is 4.56. The Labute approximate surface area is 99.5 Å². The fourth-order valence-electron chi connectivity index (χ4n) is 2.01. The van der Waals surface area contributed by atoms with E-state index in [-0.39, 0.29) is 0 Å². The highest BCUT2D eigenvalue weighted by atomic mass is 15.5. The molecule has 1 unspecified atom stereocenters. The molecule has 1 rings (SSSR count). The Morgan fingerprint density at radius 3 is 2.62 bits per heavy atom. The van der Waals surface area contributed by atoms with Crippen molar-refractivity contribution >= 4 is 0 Å². The van der Waals surface area contributed by atoms with Crippen molar-refractivity contribution in [1.82, 2.24) is 9.90 Å². The molecule has 1 aromatic rings. The lowest BCUT2D eigenvalue weighted by Crippen LogP contribution is -2.35. The van der Waals surface area contributed by atoms with E-state index in [9.17, 15) is 0 Å². The Bertz CT molecular complexity index is 304. The number of hydrogen-bond acceptors (Lipinski definition) is 1. The van der Waals surface area contributed by atoms with E-state index >= 15 is 0 Å². The number of rotatable bonds is 7. The molecule has 0 spiro atoms. The van der Waals surface area contributed by atoms with Crippen molar-refractivity contribution < 1.29 is 4.68 Å². The van der Waals surface area contributed by atoms with Crippen molar-refractivity contribution in [2.24, 2.45) is 5.92 Å². The van der Waals surface area contributed by atoms with Crippen LogP contribution in [0.2, 0.25) is 0 Å². The predicted molar refractivity (Wildman–Crippen MR) is 66.1 cm³/mol. The zero-order chi connectivity index (χ0) is 12.0. The van der Waals surface area contributed by atoms with Crippen LogP contribution in [-0.4, -0.2) is 9.90 Å². The maximum Gasteiger partial charge on any atom is 0.164 e.